The average molecular weight is 916 g/mol. The summed E-state index contributed by atoms with van der Waals surface area (Å²) < 4.78 is 11.0. The Labute approximate surface area is 342 Å². The SMILES string of the molecule is Cc1cc(C)c(-c2cn3c4cccnc4c4ccc(Oc5[c-]c6c(cc5)c5ncccc5n5c(-c7ccccc7)c(-c7ccccc7)nc65)[c-]c4c3n2)c(C)c1.[Pt+2]. The first kappa shape index (κ1) is 34.8. The first-order valence-electron chi connectivity index (χ1n) is 18.6. The first-order chi connectivity index (χ1) is 27.5. The Morgan fingerprint density at radius 3 is 1.81 bits per heavy atom. The first-order valence-corrected chi connectivity index (χ1v) is 18.6. The molecule has 6 heterocycles. The van der Waals surface area contributed by atoms with Crippen molar-refractivity contribution in [3.05, 3.63) is 169 Å². The second-order valence-corrected chi connectivity index (χ2v) is 14.4. The van der Waals surface area contributed by atoms with E-state index in [9.17, 15) is 0 Å². The van der Waals surface area contributed by atoms with Crippen LogP contribution in [0.3, 0.4) is 0 Å². The van der Waals surface area contributed by atoms with Crippen LogP contribution in [0.2, 0.25) is 0 Å². The fourth-order valence-electron chi connectivity index (χ4n) is 8.44. The van der Waals surface area contributed by atoms with Gasteiger partial charge in [0.25, 0.3) is 0 Å². The maximum Gasteiger partial charge on any atom is 2.00 e. The monoisotopic (exact) mass is 915 g/mol. The van der Waals surface area contributed by atoms with E-state index in [2.05, 4.69) is 121 Å². The van der Waals surface area contributed by atoms with Crippen LogP contribution < -0.4 is 4.74 Å². The Morgan fingerprint density at radius 1 is 0.579 bits per heavy atom. The molecule has 11 rings (SSSR count). The molecule has 0 N–H and O–H groups in total. The Bertz CT molecular complexity index is 3350. The van der Waals surface area contributed by atoms with Gasteiger partial charge in [-0.15, -0.1) is 12.1 Å². The summed E-state index contributed by atoms with van der Waals surface area (Å²) in [6, 6.07) is 48.5. The van der Waals surface area contributed by atoms with Crippen molar-refractivity contribution in [2.75, 3.05) is 0 Å². The Morgan fingerprint density at radius 2 is 1.16 bits per heavy atom. The van der Waals surface area contributed by atoms with Gasteiger partial charge in [0.1, 0.15) is 0 Å². The topological polar surface area (TPSA) is 69.6 Å². The van der Waals surface area contributed by atoms with E-state index < -0.39 is 0 Å². The molecule has 57 heavy (non-hydrogen) atoms. The Balaban J connectivity index is 0.00000396. The zero-order valence-corrected chi connectivity index (χ0v) is 33.5. The number of rotatable bonds is 5. The van der Waals surface area contributed by atoms with Gasteiger partial charge < -0.3 is 13.5 Å². The third-order valence-electron chi connectivity index (χ3n) is 10.7. The third kappa shape index (κ3) is 5.53. The van der Waals surface area contributed by atoms with Crippen LogP contribution in [0, 0.1) is 32.9 Å². The predicted molar refractivity (Wildman–Crippen MR) is 224 cm³/mol. The standard InChI is InChI=1S/C49H32N6O.Pt/c1-29-24-30(2)43(31(3)25-29)40-28-54-41-16-10-22-50-45(41)36-20-18-34(26-38(36)48(54)52-40)56-35-19-21-37-39(27-35)49-53-44(32-12-6-4-7-13-32)47(33-14-8-5-9-15-33)55(49)42-17-11-23-51-46(37)42;/h4-25,28H,1-3H3;/q-2;+2. The summed E-state index contributed by atoms with van der Waals surface area (Å²) in [5, 5.41) is 3.54. The van der Waals surface area contributed by atoms with Gasteiger partial charge in [-0.3, -0.25) is 19.9 Å². The number of aryl methyl sites for hydroxylation is 3. The molecule has 0 aliphatic rings. The van der Waals surface area contributed by atoms with E-state index in [-0.39, 0.29) is 21.1 Å². The summed E-state index contributed by atoms with van der Waals surface area (Å²) in [5.41, 5.74) is 14.9. The van der Waals surface area contributed by atoms with Gasteiger partial charge >= 0.3 is 21.1 Å². The molecule has 7 nitrogen and oxygen atoms in total. The van der Waals surface area contributed by atoms with Crippen LogP contribution in [-0.4, -0.2) is 28.7 Å². The average Bonchev–Trinajstić information content (AvgIpc) is 3.85. The van der Waals surface area contributed by atoms with E-state index in [1.807, 2.05) is 60.9 Å². The zero-order chi connectivity index (χ0) is 37.5. The summed E-state index contributed by atoms with van der Waals surface area (Å²) in [7, 11) is 0. The largest absolute Gasteiger partial charge is 2.00 e. The van der Waals surface area contributed by atoms with E-state index >= 15 is 0 Å². The smallest absolute Gasteiger partial charge is 0.497 e. The van der Waals surface area contributed by atoms with Gasteiger partial charge in [0.05, 0.1) is 50.4 Å². The Hall–Kier alpha value is -6.69. The number of aromatic nitrogens is 6. The number of imidazole rings is 2. The van der Waals surface area contributed by atoms with Crippen molar-refractivity contribution in [3.8, 4) is 45.3 Å². The van der Waals surface area contributed by atoms with Crippen LogP contribution in [0.1, 0.15) is 16.7 Å². The number of hydrogen-bond acceptors (Lipinski definition) is 5. The molecule has 0 radical (unpaired) electrons. The van der Waals surface area contributed by atoms with E-state index in [4.69, 9.17) is 24.7 Å². The molecule has 0 fully saturated rings. The summed E-state index contributed by atoms with van der Waals surface area (Å²) >= 11 is 0. The molecule has 11 aromatic rings. The molecule has 0 saturated heterocycles. The second-order valence-electron chi connectivity index (χ2n) is 14.4. The minimum Gasteiger partial charge on any atom is -0.497 e. The molecular formula is C49H32N6OPt. The van der Waals surface area contributed by atoms with E-state index in [0.29, 0.717) is 11.5 Å². The van der Waals surface area contributed by atoms with Gasteiger partial charge in [-0.05, 0) is 61.7 Å². The van der Waals surface area contributed by atoms with Crippen molar-refractivity contribution in [2.24, 2.45) is 0 Å². The van der Waals surface area contributed by atoms with Gasteiger partial charge in [-0.2, -0.15) is 0 Å². The fraction of sp³-hybridized carbons (Fsp3) is 0.0612. The van der Waals surface area contributed by atoms with Crippen molar-refractivity contribution in [1.82, 2.24) is 28.7 Å². The van der Waals surface area contributed by atoms with Crippen LogP contribution in [0.5, 0.6) is 11.5 Å². The molecule has 5 aromatic carbocycles. The van der Waals surface area contributed by atoms with Crippen molar-refractivity contribution < 1.29 is 25.8 Å². The molecule has 0 spiro atoms. The molecule has 0 unspecified atom stereocenters. The Kier molecular flexibility index (Phi) is 8.24. The number of hydrogen-bond donors (Lipinski definition) is 0. The second kappa shape index (κ2) is 13.5. The van der Waals surface area contributed by atoms with Gasteiger partial charge in [-0.25, -0.2) is 0 Å². The van der Waals surface area contributed by atoms with Crippen LogP contribution in [0.15, 0.2) is 140 Å². The summed E-state index contributed by atoms with van der Waals surface area (Å²) in [5.74, 6) is 1.09. The van der Waals surface area contributed by atoms with Crippen molar-refractivity contribution in [3.63, 3.8) is 0 Å². The quantitative estimate of drug-likeness (QED) is 0.127. The van der Waals surface area contributed by atoms with Gasteiger partial charge in [-0.1, -0.05) is 124 Å². The van der Waals surface area contributed by atoms with Gasteiger partial charge in [0.15, 0.2) is 0 Å². The number of ether oxygens (including phenoxy) is 1. The molecule has 0 atom stereocenters. The minimum atomic E-state index is 0. The molecule has 0 saturated carbocycles. The van der Waals surface area contributed by atoms with Crippen molar-refractivity contribution in [1.29, 1.82) is 0 Å². The van der Waals surface area contributed by atoms with E-state index in [0.717, 1.165) is 88.7 Å². The van der Waals surface area contributed by atoms with Crippen molar-refractivity contribution >= 4 is 54.9 Å². The molecular weight excluding hydrogens is 884 g/mol. The molecule has 8 heteroatoms. The summed E-state index contributed by atoms with van der Waals surface area (Å²) in [6.07, 6.45) is 5.78. The van der Waals surface area contributed by atoms with Gasteiger partial charge in [0.2, 0.25) is 0 Å². The number of pyridine rings is 4. The maximum absolute atomic E-state index is 6.64. The summed E-state index contributed by atoms with van der Waals surface area (Å²) in [4.78, 5) is 20.3. The molecule has 0 aliphatic carbocycles. The van der Waals surface area contributed by atoms with Crippen molar-refractivity contribution in [2.45, 2.75) is 20.8 Å². The maximum atomic E-state index is 6.64. The zero-order valence-electron chi connectivity index (χ0n) is 31.2. The van der Waals surface area contributed by atoms with Crippen LogP contribution >= 0.6 is 0 Å². The number of benzene rings is 5. The van der Waals surface area contributed by atoms with Gasteiger partial charge in [0, 0.05) is 41.2 Å². The fourth-order valence-corrected chi connectivity index (χ4v) is 8.44. The third-order valence-corrected chi connectivity index (χ3v) is 10.7. The number of fused-ring (bicyclic) bond motifs is 12. The summed E-state index contributed by atoms with van der Waals surface area (Å²) in [6.45, 7) is 6.43. The van der Waals surface area contributed by atoms with E-state index in [1.165, 1.54) is 16.7 Å². The predicted octanol–water partition coefficient (Wildman–Crippen LogP) is 11.7. The van der Waals surface area contributed by atoms with Crippen LogP contribution in [0.4, 0.5) is 0 Å². The van der Waals surface area contributed by atoms with E-state index in [1.54, 1.807) is 0 Å². The normalized spacial score (nSPS) is 11.6. The number of nitrogens with zero attached hydrogens (tertiary/aromatic N) is 6. The molecule has 0 aliphatic heterocycles. The molecule has 0 amide bonds. The molecule has 0 bridgehead atoms. The molecule has 6 aromatic heterocycles. The minimum absolute atomic E-state index is 0. The van der Waals surface area contributed by atoms with Crippen LogP contribution in [0.25, 0.3) is 88.7 Å². The van der Waals surface area contributed by atoms with Crippen LogP contribution in [-0.2, 0) is 21.1 Å². The molecule has 274 valence electrons.